The van der Waals surface area contributed by atoms with Crippen LogP contribution < -0.4 is 5.73 Å². The van der Waals surface area contributed by atoms with Gasteiger partial charge in [-0.2, -0.15) is 0 Å². The molecule has 0 saturated carbocycles. The van der Waals surface area contributed by atoms with Crippen molar-refractivity contribution in [2.24, 2.45) is 5.41 Å². The Hall–Kier alpha value is -1.48. The lowest BCUT2D eigenvalue weighted by Gasteiger charge is -2.37. The summed E-state index contributed by atoms with van der Waals surface area (Å²) in [5, 5.41) is 11.1. The Kier molecular flexibility index (Phi) is 13.1. The molecule has 0 radical (unpaired) electrons. The third-order valence-corrected chi connectivity index (χ3v) is 7.81. The Morgan fingerprint density at radius 3 is 1.90 bits per heavy atom. The number of nitrogen functional groups attached to an aromatic ring is 1. The van der Waals surface area contributed by atoms with Gasteiger partial charge in [0.1, 0.15) is 5.60 Å². The third-order valence-electron chi connectivity index (χ3n) is 6.73. The first kappa shape index (κ1) is 34.7. The highest BCUT2D eigenvalue weighted by Crippen LogP contribution is 2.36. The molecule has 1 aliphatic heterocycles. The smallest absolute Gasteiger partial charge is 0.320 e. The van der Waals surface area contributed by atoms with Crippen molar-refractivity contribution < 1.29 is 19.2 Å². The van der Waals surface area contributed by atoms with E-state index in [0.29, 0.717) is 38.2 Å². The van der Waals surface area contributed by atoms with E-state index in [1.54, 1.807) is 0 Å². The summed E-state index contributed by atoms with van der Waals surface area (Å²) in [4.78, 5) is 22.0. The summed E-state index contributed by atoms with van der Waals surface area (Å²) >= 11 is 0. The van der Waals surface area contributed by atoms with Gasteiger partial charge in [0.25, 0.3) is 0 Å². The molecule has 1 unspecified atom stereocenters. The van der Waals surface area contributed by atoms with Crippen molar-refractivity contribution >= 4 is 18.8 Å². The van der Waals surface area contributed by atoms with Crippen molar-refractivity contribution in [3.63, 3.8) is 0 Å². The lowest BCUT2D eigenvalue weighted by Crippen LogP contribution is -2.49. The molecule has 3 N–H and O–H groups in total. The molecule has 1 aliphatic rings. The number of rotatable bonds is 8. The zero-order chi connectivity index (χ0) is 30.1. The molecule has 40 heavy (non-hydrogen) atoms. The second-order valence-corrected chi connectivity index (χ2v) is 17.4. The lowest BCUT2D eigenvalue weighted by atomic mass is 9.96. The maximum absolute atomic E-state index is 12.8. The molecule has 1 aromatic carbocycles. The minimum Gasteiger partial charge on any atom is -0.459 e. The number of ether oxygens (including phenoxy) is 1. The van der Waals surface area contributed by atoms with Gasteiger partial charge in [0.05, 0.1) is 26.1 Å². The SMILES string of the molecule is CC(C)(C)CN1CCN(CC(O)c2ccccc2N)CCN(CC(=O)OC(C)(C)C)CCN(CP(C)(C)=O)CC1. The summed E-state index contributed by atoms with van der Waals surface area (Å²) < 4.78 is 18.4. The molecular formula is C30H56N5O4P. The van der Waals surface area contributed by atoms with Crippen LogP contribution in [0.4, 0.5) is 5.69 Å². The monoisotopic (exact) mass is 581 g/mol. The number of carbonyl (C=O) groups is 1. The zero-order valence-electron chi connectivity index (χ0n) is 26.4. The summed E-state index contributed by atoms with van der Waals surface area (Å²) in [5.74, 6) is -0.247. The summed E-state index contributed by atoms with van der Waals surface area (Å²) in [6.07, 6.45) is -0.142. The Bertz CT molecular complexity index is 972. The van der Waals surface area contributed by atoms with Crippen molar-refractivity contribution in [1.29, 1.82) is 0 Å². The van der Waals surface area contributed by atoms with Gasteiger partial charge in [-0.25, -0.2) is 0 Å². The van der Waals surface area contributed by atoms with E-state index in [9.17, 15) is 14.5 Å². The van der Waals surface area contributed by atoms with Gasteiger partial charge in [-0.3, -0.25) is 19.5 Å². The number of nitrogens with zero attached hydrogens (tertiary/aromatic N) is 4. The van der Waals surface area contributed by atoms with E-state index in [1.165, 1.54) is 0 Å². The van der Waals surface area contributed by atoms with E-state index < -0.39 is 18.8 Å². The first-order valence-corrected chi connectivity index (χ1v) is 17.4. The molecule has 10 heteroatoms. The minimum absolute atomic E-state index is 0.139. The van der Waals surface area contributed by atoms with E-state index in [0.717, 1.165) is 44.8 Å². The average molecular weight is 582 g/mol. The van der Waals surface area contributed by atoms with Crippen LogP contribution in [0, 0.1) is 5.41 Å². The molecule has 2 rings (SSSR count). The van der Waals surface area contributed by atoms with Gasteiger partial charge < -0.3 is 25.0 Å². The molecule has 9 nitrogen and oxygen atoms in total. The second kappa shape index (κ2) is 15.1. The maximum Gasteiger partial charge on any atom is 0.320 e. The molecule has 1 aromatic rings. The van der Waals surface area contributed by atoms with Gasteiger partial charge in [0, 0.05) is 76.7 Å². The third kappa shape index (κ3) is 14.4. The van der Waals surface area contributed by atoms with Crippen molar-refractivity contribution in [3.05, 3.63) is 29.8 Å². The molecule has 0 aromatic heterocycles. The van der Waals surface area contributed by atoms with E-state index in [1.807, 2.05) is 58.4 Å². The standard InChI is InChI=1S/C30H56N5O4P/c1-29(2,3)23-34-17-15-32(21-27(36)25-11-9-10-12-26(25)31)13-14-33(22-28(37)39-30(4,5)6)16-19-35(20-18-34)24-40(7,8)38/h9-12,27,36H,13-24,31H2,1-8H3. The molecule has 1 saturated heterocycles. The first-order chi connectivity index (χ1) is 18.4. The predicted octanol–water partition coefficient (Wildman–Crippen LogP) is 3.49. The van der Waals surface area contributed by atoms with Gasteiger partial charge in [0.2, 0.25) is 0 Å². The van der Waals surface area contributed by atoms with Crippen LogP contribution in [0.1, 0.15) is 53.2 Å². The van der Waals surface area contributed by atoms with Crippen LogP contribution >= 0.6 is 7.14 Å². The lowest BCUT2D eigenvalue weighted by molar-refractivity contribution is -0.156. The van der Waals surface area contributed by atoms with Crippen molar-refractivity contribution in [2.75, 3.05) is 97.3 Å². The zero-order valence-corrected chi connectivity index (χ0v) is 27.3. The van der Waals surface area contributed by atoms with Crippen LogP contribution in [-0.4, -0.2) is 128 Å². The quantitative estimate of drug-likeness (QED) is 0.271. The van der Waals surface area contributed by atoms with Crippen molar-refractivity contribution in [2.45, 2.75) is 53.2 Å². The Labute approximate surface area is 243 Å². The van der Waals surface area contributed by atoms with E-state index in [2.05, 4.69) is 40.4 Å². The van der Waals surface area contributed by atoms with Gasteiger partial charge in [-0.1, -0.05) is 39.0 Å². The normalized spacial score (nSPS) is 19.5. The number of carbonyl (C=O) groups excluding carboxylic acids is 1. The maximum atomic E-state index is 12.8. The molecule has 1 atom stereocenters. The average Bonchev–Trinajstić information content (AvgIpc) is 2.78. The number of esters is 1. The number of β-amino-alcohol motifs (C(OH)–C–C–N with tert-alkyl or cyclic N) is 1. The number of hydrogen-bond donors (Lipinski definition) is 2. The summed E-state index contributed by atoms with van der Waals surface area (Å²) in [6, 6.07) is 7.47. The van der Waals surface area contributed by atoms with Crippen LogP contribution in [0.3, 0.4) is 0 Å². The number of aliphatic hydroxyl groups excluding tert-OH is 1. The summed E-state index contributed by atoms with van der Waals surface area (Å²) in [6.45, 7) is 23.7. The fraction of sp³-hybridized carbons (Fsp3) is 0.767. The van der Waals surface area contributed by atoms with E-state index in [-0.39, 0.29) is 17.9 Å². The van der Waals surface area contributed by atoms with Crippen molar-refractivity contribution in [3.8, 4) is 0 Å². The molecule has 1 fully saturated rings. The summed E-state index contributed by atoms with van der Waals surface area (Å²) in [7, 11) is -2.26. The molecule has 230 valence electrons. The number of aliphatic hydroxyl groups is 1. The van der Waals surface area contributed by atoms with Crippen LogP contribution in [0.25, 0.3) is 0 Å². The van der Waals surface area contributed by atoms with Gasteiger partial charge in [0.15, 0.2) is 0 Å². The fourth-order valence-electron chi connectivity index (χ4n) is 5.08. The highest BCUT2D eigenvalue weighted by atomic mass is 31.2. The first-order valence-electron chi connectivity index (χ1n) is 14.6. The highest BCUT2D eigenvalue weighted by Gasteiger charge is 2.25. The second-order valence-electron chi connectivity index (χ2n) is 14.0. The van der Waals surface area contributed by atoms with Crippen LogP contribution in [-0.2, 0) is 14.1 Å². The molecule has 0 aliphatic carbocycles. The molecule has 0 amide bonds. The largest absolute Gasteiger partial charge is 0.459 e. The van der Waals surface area contributed by atoms with Gasteiger partial charge >= 0.3 is 5.97 Å². The molecular weight excluding hydrogens is 525 g/mol. The Morgan fingerprint density at radius 1 is 0.900 bits per heavy atom. The van der Waals surface area contributed by atoms with Crippen LogP contribution in [0.2, 0.25) is 0 Å². The molecule has 0 spiro atoms. The number of hydrogen-bond acceptors (Lipinski definition) is 9. The number of nitrogens with two attached hydrogens (primary N) is 1. The highest BCUT2D eigenvalue weighted by molar-refractivity contribution is 7.62. The summed E-state index contributed by atoms with van der Waals surface area (Å²) in [5.41, 5.74) is 7.10. The Balaban J connectivity index is 2.27. The minimum atomic E-state index is -2.26. The van der Waals surface area contributed by atoms with Crippen LogP contribution in [0.5, 0.6) is 0 Å². The predicted molar refractivity (Wildman–Crippen MR) is 166 cm³/mol. The topological polar surface area (TPSA) is 103 Å². The van der Waals surface area contributed by atoms with Gasteiger partial charge in [-0.05, 0) is 45.6 Å². The number of para-hydroxylation sites is 1. The Morgan fingerprint density at radius 2 is 1.40 bits per heavy atom. The van der Waals surface area contributed by atoms with Gasteiger partial charge in [-0.15, -0.1) is 0 Å². The van der Waals surface area contributed by atoms with Crippen molar-refractivity contribution in [1.82, 2.24) is 19.6 Å². The number of benzene rings is 1. The molecule has 0 bridgehead atoms. The molecule has 1 heterocycles. The van der Waals surface area contributed by atoms with E-state index in [4.69, 9.17) is 10.5 Å². The van der Waals surface area contributed by atoms with Crippen LogP contribution in [0.15, 0.2) is 24.3 Å². The fourth-order valence-corrected chi connectivity index (χ4v) is 6.33. The van der Waals surface area contributed by atoms with E-state index >= 15 is 0 Å². The number of anilines is 1.